The van der Waals surface area contributed by atoms with E-state index >= 15 is 4.79 Å². The van der Waals surface area contributed by atoms with E-state index < -0.39 is 119 Å². The first-order chi connectivity index (χ1) is 29.4. The number of Topliss-reactive ketones (excluding diaryl/α,β-unsaturated/α-hetero) is 1. The van der Waals surface area contributed by atoms with Crippen LogP contribution in [-0.4, -0.2) is 105 Å². The van der Waals surface area contributed by atoms with E-state index in [1.165, 1.54) is 19.1 Å². The zero-order chi connectivity index (χ0) is 44.5. The normalized spacial score (nSPS) is 35.1. The molecule has 2 unspecified atom stereocenters. The maximum absolute atomic E-state index is 15.3. The van der Waals surface area contributed by atoms with Crippen LogP contribution in [0.4, 0.5) is 0 Å². The number of nitrogens with one attached hydrogen (secondary N) is 1. The Hall–Kier alpha value is -5.74. The van der Waals surface area contributed by atoms with Gasteiger partial charge in [0.15, 0.2) is 23.6 Å². The van der Waals surface area contributed by atoms with Gasteiger partial charge in [-0.05, 0) is 49.2 Å². The third kappa shape index (κ3) is 6.39. The summed E-state index contributed by atoms with van der Waals surface area (Å²) < 4.78 is 30.4. The maximum Gasteiger partial charge on any atom is 0.338 e. The Kier molecular flexibility index (Phi) is 10.8. The topological polar surface area (TPSA) is 221 Å². The number of esters is 4. The minimum Gasteiger partial charge on any atom is -0.460 e. The van der Waals surface area contributed by atoms with E-state index in [1.54, 1.807) is 92.7 Å². The molecule has 1 saturated heterocycles. The second kappa shape index (κ2) is 15.6. The second-order valence-electron chi connectivity index (χ2n) is 17.5. The highest BCUT2D eigenvalue weighted by Crippen LogP contribution is 2.72. The van der Waals surface area contributed by atoms with Crippen LogP contribution < -0.4 is 5.32 Å². The van der Waals surface area contributed by atoms with Crippen molar-refractivity contribution in [3.8, 4) is 0 Å². The minimum absolute atomic E-state index is 0.0825. The minimum atomic E-state index is -2.32. The van der Waals surface area contributed by atoms with E-state index in [0.717, 1.165) is 13.8 Å². The number of aliphatic hydroxyl groups excluding tert-OH is 2. The van der Waals surface area contributed by atoms with Crippen LogP contribution in [0.2, 0.25) is 0 Å². The van der Waals surface area contributed by atoms with Crippen molar-refractivity contribution in [2.75, 3.05) is 6.61 Å². The van der Waals surface area contributed by atoms with Gasteiger partial charge >= 0.3 is 23.9 Å². The number of amides is 1. The Labute approximate surface area is 357 Å². The lowest BCUT2D eigenvalue weighted by Crippen LogP contribution is -2.81. The lowest BCUT2D eigenvalue weighted by molar-refractivity contribution is -0.344. The van der Waals surface area contributed by atoms with E-state index in [4.69, 9.17) is 23.7 Å². The van der Waals surface area contributed by atoms with Gasteiger partial charge in [-0.1, -0.05) is 79.2 Å². The van der Waals surface area contributed by atoms with Crippen molar-refractivity contribution in [3.05, 3.63) is 119 Å². The molecule has 0 aromatic heterocycles. The highest BCUT2D eigenvalue weighted by atomic mass is 16.6. The first-order valence-electron chi connectivity index (χ1n) is 20.6. The fraction of sp³-hybridized carbons (Fsp3) is 0.447. The number of hydrogen-bond acceptors (Lipinski definition) is 14. The zero-order valence-corrected chi connectivity index (χ0v) is 34.8. The van der Waals surface area contributed by atoms with Crippen LogP contribution in [0.25, 0.3) is 0 Å². The number of fused-ring (bicyclic) bond motifs is 3. The number of carbonyl (C=O) groups excluding carboxylic acids is 6. The maximum atomic E-state index is 15.3. The fourth-order valence-corrected chi connectivity index (χ4v) is 11.4. The number of ether oxygens (including phenoxy) is 5. The second-order valence-corrected chi connectivity index (χ2v) is 17.5. The third-order valence-electron chi connectivity index (χ3n) is 14.2. The summed E-state index contributed by atoms with van der Waals surface area (Å²) in [6.45, 7) is 6.63. The smallest absolute Gasteiger partial charge is 0.338 e. The summed E-state index contributed by atoms with van der Waals surface area (Å²) in [6, 6.07) is 23.2. The Balaban J connectivity index is 1.26. The quantitative estimate of drug-likeness (QED) is 0.131. The van der Waals surface area contributed by atoms with Crippen molar-refractivity contribution >= 4 is 35.6 Å². The highest BCUT2D eigenvalue weighted by molar-refractivity contribution is 5.97. The molecule has 3 aromatic carbocycles. The monoisotopic (exact) mass is 851 g/mol. The predicted molar refractivity (Wildman–Crippen MR) is 216 cm³/mol. The van der Waals surface area contributed by atoms with Crippen LogP contribution in [0.5, 0.6) is 0 Å². The molecule has 13 atom stereocenters. The summed E-state index contributed by atoms with van der Waals surface area (Å²) >= 11 is 0. The number of rotatable bonds is 10. The van der Waals surface area contributed by atoms with Gasteiger partial charge in [0, 0.05) is 43.6 Å². The van der Waals surface area contributed by atoms with Gasteiger partial charge in [0.1, 0.15) is 23.9 Å². The van der Waals surface area contributed by atoms with Crippen LogP contribution in [-0.2, 0) is 42.9 Å². The molecule has 0 radical (unpaired) electrons. The van der Waals surface area contributed by atoms with Gasteiger partial charge in [0.25, 0.3) is 5.91 Å². The average Bonchev–Trinajstić information content (AvgIpc) is 3.43. The largest absolute Gasteiger partial charge is 0.460 e. The molecule has 15 heteroatoms. The molecule has 3 saturated carbocycles. The molecule has 4 N–H and O–H groups in total. The standard InChI is InChI=1S/C47H49NO14/c1-24-33-30(60-43(56)36(52)35(27-15-9-6-10-16-27)48-41(54)28-17-11-7-12-18-28)22-47(57)40(61-42(55)29-19-13-8-14-20-29)38-44(4,31(51)21-32-46(38,23-58-32)62-26(3)50)39(53)37(59-25(2)49)34(24)45(33,47)5/h6-20,30-33,35-38,40,51-52,57H,21-23H2,1-5H3,(H,48,54)/t30-,31-,32?,33?,35-,36+,37+,38-,40-,44+,45-,46-,47+/m0/s1. The Morgan fingerprint density at radius 2 is 1.44 bits per heavy atom. The van der Waals surface area contributed by atoms with Crippen LogP contribution in [0.15, 0.2) is 102 Å². The Bertz CT molecular complexity index is 2340. The highest BCUT2D eigenvalue weighted by Gasteiger charge is 2.83. The first-order valence-corrected chi connectivity index (χ1v) is 20.6. The summed E-state index contributed by atoms with van der Waals surface area (Å²) in [4.78, 5) is 83.2. The van der Waals surface area contributed by atoms with Gasteiger partial charge in [0.2, 0.25) is 0 Å². The zero-order valence-electron chi connectivity index (χ0n) is 34.8. The number of hydrogen-bond donors (Lipinski definition) is 4. The van der Waals surface area contributed by atoms with Crippen molar-refractivity contribution in [1.29, 1.82) is 0 Å². The van der Waals surface area contributed by atoms with Crippen molar-refractivity contribution in [2.24, 2.45) is 22.7 Å². The predicted octanol–water partition coefficient (Wildman–Crippen LogP) is 3.35. The van der Waals surface area contributed by atoms with Crippen LogP contribution in [0.3, 0.4) is 0 Å². The van der Waals surface area contributed by atoms with Crippen molar-refractivity contribution in [2.45, 2.75) is 101 Å². The molecule has 0 bridgehead atoms. The van der Waals surface area contributed by atoms with Gasteiger partial charge in [-0.2, -0.15) is 0 Å². The molecule has 4 aliphatic carbocycles. The third-order valence-corrected chi connectivity index (χ3v) is 14.2. The average molecular weight is 852 g/mol. The summed E-state index contributed by atoms with van der Waals surface area (Å²) in [5, 5.41) is 40.3. The van der Waals surface area contributed by atoms with Gasteiger partial charge < -0.3 is 44.3 Å². The summed E-state index contributed by atoms with van der Waals surface area (Å²) in [5.41, 5.74) is -6.41. The van der Waals surface area contributed by atoms with E-state index in [0.29, 0.717) is 11.1 Å². The molecule has 4 fully saturated rings. The summed E-state index contributed by atoms with van der Waals surface area (Å²) in [7, 11) is 0. The number of carbonyl (C=O) groups is 6. The van der Waals surface area contributed by atoms with Crippen LogP contribution in [0, 0.1) is 22.7 Å². The van der Waals surface area contributed by atoms with Crippen molar-refractivity contribution < 1.29 is 67.8 Å². The molecule has 5 aliphatic rings. The molecule has 326 valence electrons. The van der Waals surface area contributed by atoms with E-state index in [9.17, 15) is 39.3 Å². The molecular weight excluding hydrogens is 803 g/mol. The van der Waals surface area contributed by atoms with E-state index in [-0.39, 0.29) is 29.7 Å². The lowest BCUT2D eigenvalue weighted by Gasteiger charge is -2.67. The van der Waals surface area contributed by atoms with Crippen molar-refractivity contribution in [1.82, 2.24) is 5.32 Å². The van der Waals surface area contributed by atoms with E-state index in [1.807, 2.05) is 0 Å². The van der Waals surface area contributed by atoms with Gasteiger partial charge in [-0.15, -0.1) is 0 Å². The summed E-state index contributed by atoms with van der Waals surface area (Å²) in [5.74, 6) is -7.49. The molecule has 15 nitrogen and oxygen atoms in total. The van der Waals surface area contributed by atoms with E-state index in [2.05, 4.69) is 5.32 Å². The molecule has 1 aliphatic heterocycles. The summed E-state index contributed by atoms with van der Waals surface area (Å²) in [6.07, 6.45) is -9.96. The number of ketones is 1. The fourth-order valence-electron chi connectivity index (χ4n) is 11.4. The molecule has 8 rings (SSSR count). The molecule has 0 spiro atoms. The Morgan fingerprint density at radius 1 is 0.839 bits per heavy atom. The van der Waals surface area contributed by atoms with Crippen molar-refractivity contribution in [3.63, 3.8) is 0 Å². The van der Waals surface area contributed by atoms with Gasteiger partial charge in [0.05, 0.1) is 35.6 Å². The molecule has 1 amide bonds. The van der Waals surface area contributed by atoms with Crippen LogP contribution >= 0.6 is 0 Å². The lowest BCUT2D eigenvalue weighted by atomic mass is 9.43. The number of benzene rings is 3. The van der Waals surface area contributed by atoms with Crippen LogP contribution in [0.1, 0.15) is 79.8 Å². The van der Waals surface area contributed by atoms with Gasteiger partial charge in [-0.25, -0.2) is 9.59 Å². The molecular formula is C47H49NO14. The molecule has 62 heavy (non-hydrogen) atoms. The molecule has 3 aromatic rings. The first kappa shape index (κ1) is 42.9. The Morgan fingerprint density at radius 3 is 2.00 bits per heavy atom. The SMILES string of the molecule is CC(=O)O[C@H]1C(=O)[C@]2(C)[C@@H](O)CC3OC[C@@]3(OC(C)=O)[C@H]2[C@H](OC(=O)c2ccccc2)[C@]2(O)C[C@H](OC(=O)[C@H](O)[C@@H](NC(=O)c3ccccc3)c3ccccc3)C3C(C)=C1[C@]32C. The molecule has 1 heterocycles. The number of aliphatic hydroxyl groups is 3. The van der Waals surface area contributed by atoms with Gasteiger partial charge in [-0.3, -0.25) is 19.2 Å².